The molecule has 0 heterocycles. The summed E-state index contributed by atoms with van der Waals surface area (Å²) in [5.41, 5.74) is 1.11. The fourth-order valence-electron chi connectivity index (χ4n) is 1.38. The highest BCUT2D eigenvalue weighted by atomic mass is 79.9. The molecule has 1 aromatic rings. The highest BCUT2D eigenvalue weighted by molar-refractivity contribution is 9.10. The van der Waals surface area contributed by atoms with Crippen LogP contribution in [0.2, 0.25) is 0 Å². The van der Waals surface area contributed by atoms with Gasteiger partial charge in [-0.15, -0.1) is 0 Å². The lowest BCUT2D eigenvalue weighted by Crippen LogP contribution is -2.26. The van der Waals surface area contributed by atoms with Crippen LogP contribution in [0, 0.1) is 0 Å². The quantitative estimate of drug-likeness (QED) is 0.832. The molecule has 0 fully saturated rings. The first-order valence-corrected chi connectivity index (χ1v) is 5.90. The molecule has 1 amide bonds. The van der Waals surface area contributed by atoms with E-state index in [1.807, 2.05) is 24.3 Å². The van der Waals surface area contributed by atoms with Crippen LogP contribution in [-0.2, 0) is 16.1 Å². The third-order valence-corrected chi connectivity index (χ3v) is 2.75. The minimum atomic E-state index is 0.0989. The fourth-order valence-corrected chi connectivity index (χ4v) is 1.82. The molecule has 0 N–H and O–H groups in total. The van der Waals surface area contributed by atoms with Crippen molar-refractivity contribution in [1.29, 1.82) is 0 Å². The van der Waals surface area contributed by atoms with Crippen LogP contribution in [0.3, 0.4) is 0 Å². The molecule has 0 spiro atoms. The molecule has 0 saturated heterocycles. The molecule has 0 atom stereocenters. The van der Waals surface area contributed by atoms with E-state index in [9.17, 15) is 4.79 Å². The van der Waals surface area contributed by atoms with Crippen molar-refractivity contribution in [3.8, 4) is 0 Å². The van der Waals surface area contributed by atoms with E-state index in [4.69, 9.17) is 4.74 Å². The van der Waals surface area contributed by atoms with Crippen molar-refractivity contribution in [2.24, 2.45) is 0 Å². The number of carbonyl (C=O) groups excluding carboxylic acids is 1. The second kappa shape index (κ2) is 6.66. The molecule has 0 aliphatic heterocycles. The van der Waals surface area contributed by atoms with E-state index in [1.165, 1.54) is 0 Å². The lowest BCUT2D eigenvalue weighted by atomic mass is 10.2. The standard InChI is InChI=1S/C12H16BrNO2/c1-14(12(15)6-7-16-2)9-10-4-3-5-11(13)8-10/h3-5,8H,6-7,9H2,1-2H3. The Balaban J connectivity index is 2.50. The van der Waals surface area contributed by atoms with Crippen LogP contribution in [-0.4, -0.2) is 31.6 Å². The molecule has 0 radical (unpaired) electrons. The summed E-state index contributed by atoms with van der Waals surface area (Å²) < 4.78 is 5.91. The zero-order chi connectivity index (χ0) is 12.0. The van der Waals surface area contributed by atoms with Crippen LogP contribution < -0.4 is 0 Å². The molecule has 88 valence electrons. The Morgan fingerprint density at radius 1 is 1.50 bits per heavy atom. The number of ether oxygens (including phenoxy) is 1. The van der Waals surface area contributed by atoms with Gasteiger partial charge < -0.3 is 9.64 Å². The number of nitrogens with zero attached hydrogens (tertiary/aromatic N) is 1. The maximum Gasteiger partial charge on any atom is 0.224 e. The Morgan fingerprint density at radius 2 is 2.25 bits per heavy atom. The van der Waals surface area contributed by atoms with Crippen molar-refractivity contribution in [2.75, 3.05) is 20.8 Å². The summed E-state index contributed by atoms with van der Waals surface area (Å²) in [4.78, 5) is 13.3. The van der Waals surface area contributed by atoms with Gasteiger partial charge in [0, 0.05) is 25.2 Å². The number of amides is 1. The molecule has 0 aliphatic rings. The SMILES string of the molecule is COCCC(=O)N(C)Cc1cccc(Br)c1. The van der Waals surface area contributed by atoms with Gasteiger partial charge in [-0.3, -0.25) is 4.79 Å². The number of halogens is 1. The molecule has 3 nitrogen and oxygen atoms in total. The summed E-state index contributed by atoms with van der Waals surface area (Å²) in [6, 6.07) is 7.95. The van der Waals surface area contributed by atoms with Crippen molar-refractivity contribution in [3.05, 3.63) is 34.3 Å². The largest absolute Gasteiger partial charge is 0.384 e. The predicted molar refractivity (Wildman–Crippen MR) is 67.1 cm³/mol. The monoisotopic (exact) mass is 285 g/mol. The summed E-state index contributed by atoms with van der Waals surface area (Å²) in [5, 5.41) is 0. The van der Waals surface area contributed by atoms with E-state index in [1.54, 1.807) is 19.1 Å². The molecule has 1 aromatic carbocycles. The maximum absolute atomic E-state index is 11.6. The second-order valence-corrected chi connectivity index (χ2v) is 4.54. The molecule has 1 rings (SSSR count). The fraction of sp³-hybridized carbons (Fsp3) is 0.417. The van der Waals surface area contributed by atoms with Gasteiger partial charge in [-0.1, -0.05) is 28.1 Å². The highest BCUT2D eigenvalue weighted by Gasteiger charge is 2.08. The second-order valence-electron chi connectivity index (χ2n) is 3.62. The Bertz CT molecular complexity index is 355. The van der Waals surface area contributed by atoms with E-state index in [0.29, 0.717) is 19.6 Å². The highest BCUT2D eigenvalue weighted by Crippen LogP contribution is 2.13. The summed E-state index contributed by atoms with van der Waals surface area (Å²) >= 11 is 3.41. The number of methoxy groups -OCH3 is 1. The molecule has 0 bridgehead atoms. The van der Waals surface area contributed by atoms with E-state index in [-0.39, 0.29) is 5.91 Å². The summed E-state index contributed by atoms with van der Waals surface area (Å²) in [6.07, 6.45) is 0.432. The molecule has 0 aromatic heterocycles. The summed E-state index contributed by atoms with van der Waals surface area (Å²) in [6.45, 7) is 1.10. The average Bonchev–Trinajstić information content (AvgIpc) is 2.25. The summed E-state index contributed by atoms with van der Waals surface area (Å²) in [7, 11) is 3.40. The normalized spacial score (nSPS) is 10.2. The van der Waals surface area contributed by atoms with Crippen molar-refractivity contribution >= 4 is 21.8 Å². The lowest BCUT2D eigenvalue weighted by Gasteiger charge is -2.17. The van der Waals surface area contributed by atoms with Gasteiger partial charge in [-0.25, -0.2) is 0 Å². The Hall–Kier alpha value is -0.870. The average molecular weight is 286 g/mol. The zero-order valence-electron chi connectivity index (χ0n) is 9.57. The first-order chi connectivity index (χ1) is 7.63. The molecule has 16 heavy (non-hydrogen) atoms. The van der Waals surface area contributed by atoms with Gasteiger partial charge in [-0.05, 0) is 17.7 Å². The van der Waals surface area contributed by atoms with Crippen LogP contribution >= 0.6 is 15.9 Å². The van der Waals surface area contributed by atoms with Gasteiger partial charge in [0.25, 0.3) is 0 Å². The summed E-state index contributed by atoms with van der Waals surface area (Å²) in [5.74, 6) is 0.0989. The maximum atomic E-state index is 11.6. The first-order valence-electron chi connectivity index (χ1n) is 5.11. The van der Waals surface area contributed by atoms with Crippen LogP contribution in [0.1, 0.15) is 12.0 Å². The molecular formula is C12H16BrNO2. The van der Waals surface area contributed by atoms with Gasteiger partial charge in [-0.2, -0.15) is 0 Å². The number of carbonyl (C=O) groups is 1. The zero-order valence-corrected chi connectivity index (χ0v) is 11.2. The molecular weight excluding hydrogens is 270 g/mol. The first kappa shape index (κ1) is 13.2. The minimum absolute atomic E-state index is 0.0989. The van der Waals surface area contributed by atoms with Crippen molar-refractivity contribution in [2.45, 2.75) is 13.0 Å². The molecule has 4 heteroatoms. The molecule has 0 saturated carbocycles. The van der Waals surface area contributed by atoms with Gasteiger partial charge in [0.1, 0.15) is 0 Å². The number of rotatable bonds is 5. The van der Waals surface area contributed by atoms with E-state index in [2.05, 4.69) is 15.9 Å². The van der Waals surface area contributed by atoms with Crippen LogP contribution in [0.15, 0.2) is 28.7 Å². The van der Waals surface area contributed by atoms with Crippen molar-refractivity contribution in [3.63, 3.8) is 0 Å². The van der Waals surface area contributed by atoms with Crippen molar-refractivity contribution in [1.82, 2.24) is 4.90 Å². The lowest BCUT2D eigenvalue weighted by molar-refractivity contribution is -0.131. The van der Waals surface area contributed by atoms with Crippen LogP contribution in [0.25, 0.3) is 0 Å². The number of hydrogen-bond donors (Lipinski definition) is 0. The van der Waals surface area contributed by atoms with E-state index in [0.717, 1.165) is 10.0 Å². The molecule has 0 unspecified atom stereocenters. The Labute approximate surface area is 105 Å². The van der Waals surface area contributed by atoms with Gasteiger partial charge in [0.05, 0.1) is 13.0 Å². The number of benzene rings is 1. The van der Waals surface area contributed by atoms with Crippen molar-refractivity contribution < 1.29 is 9.53 Å². The van der Waals surface area contributed by atoms with E-state index >= 15 is 0 Å². The van der Waals surface area contributed by atoms with Gasteiger partial charge in [0.2, 0.25) is 5.91 Å². The number of hydrogen-bond acceptors (Lipinski definition) is 2. The third kappa shape index (κ3) is 4.33. The van der Waals surface area contributed by atoms with E-state index < -0.39 is 0 Å². The topological polar surface area (TPSA) is 29.5 Å². The third-order valence-electron chi connectivity index (χ3n) is 2.25. The van der Waals surface area contributed by atoms with Crippen LogP contribution in [0.5, 0.6) is 0 Å². The molecule has 0 aliphatic carbocycles. The van der Waals surface area contributed by atoms with Gasteiger partial charge in [0.15, 0.2) is 0 Å². The van der Waals surface area contributed by atoms with Crippen LogP contribution in [0.4, 0.5) is 0 Å². The minimum Gasteiger partial charge on any atom is -0.384 e. The predicted octanol–water partition coefficient (Wildman–Crippen LogP) is 2.44. The smallest absolute Gasteiger partial charge is 0.224 e. The Kier molecular flexibility index (Phi) is 5.49. The van der Waals surface area contributed by atoms with Gasteiger partial charge >= 0.3 is 0 Å². The Morgan fingerprint density at radius 3 is 2.88 bits per heavy atom.